The normalized spacial score (nSPS) is 10.6. The third-order valence-electron chi connectivity index (χ3n) is 3.66. The summed E-state index contributed by atoms with van der Waals surface area (Å²) in [4.78, 5) is 23.9. The van der Waals surface area contributed by atoms with Gasteiger partial charge in [0.1, 0.15) is 5.75 Å². The van der Waals surface area contributed by atoms with Crippen LogP contribution in [0.25, 0.3) is 0 Å². The maximum absolute atomic E-state index is 11.7. The topological polar surface area (TPSA) is 84.7 Å². The molecule has 1 N–H and O–H groups in total. The lowest BCUT2D eigenvalue weighted by Crippen LogP contribution is -2.35. The summed E-state index contributed by atoms with van der Waals surface area (Å²) in [6, 6.07) is 5.41. The van der Waals surface area contributed by atoms with Gasteiger partial charge in [-0.1, -0.05) is 32.6 Å². The second kappa shape index (κ2) is 11.4. The predicted molar refractivity (Wildman–Crippen MR) is 93.4 cm³/mol. The number of hydrogen-bond acceptors (Lipinski definition) is 5. The lowest BCUT2D eigenvalue weighted by molar-refractivity contribution is -0.384. The number of amides is 1. The molecule has 0 bridgehead atoms. The Morgan fingerprint density at radius 3 is 2.46 bits per heavy atom. The molecule has 0 saturated carbocycles. The van der Waals surface area contributed by atoms with Crippen molar-refractivity contribution in [3.63, 3.8) is 0 Å². The number of nitrogens with one attached hydrogen (secondary N) is 1. The van der Waals surface area contributed by atoms with E-state index in [4.69, 9.17) is 4.74 Å². The maximum atomic E-state index is 11.7. The van der Waals surface area contributed by atoms with Crippen LogP contribution in [-0.2, 0) is 0 Å². The first-order valence-corrected chi connectivity index (χ1v) is 8.41. The van der Waals surface area contributed by atoms with Gasteiger partial charge < -0.3 is 15.0 Å². The van der Waals surface area contributed by atoms with Gasteiger partial charge >= 0.3 is 6.09 Å². The zero-order chi connectivity index (χ0) is 17.8. The molecular weight excluding hydrogens is 310 g/mol. The maximum Gasteiger partial charge on any atom is 0.412 e. The first-order valence-electron chi connectivity index (χ1n) is 8.41. The highest BCUT2D eigenvalue weighted by molar-refractivity contribution is 5.70. The van der Waals surface area contributed by atoms with Crippen LogP contribution in [0.15, 0.2) is 24.3 Å². The van der Waals surface area contributed by atoms with Crippen LogP contribution in [0.2, 0.25) is 0 Å². The number of nitro benzene ring substituents is 1. The van der Waals surface area contributed by atoms with Gasteiger partial charge in [-0.05, 0) is 32.1 Å². The number of carbonyl (C=O) groups is 1. The van der Waals surface area contributed by atoms with Crippen molar-refractivity contribution < 1.29 is 14.5 Å². The average molecular weight is 337 g/mol. The molecule has 0 aromatic heterocycles. The molecule has 0 heterocycles. The summed E-state index contributed by atoms with van der Waals surface area (Å²) in [6.07, 6.45) is 5.68. The first kappa shape index (κ1) is 19.9. The first-order chi connectivity index (χ1) is 11.5. The van der Waals surface area contributed by atoms with Crippen LogP contribution in [-0.4, -0.2) is 42.6 Å². The monoisotopic (exact) mass is 337 g/mol. The van der Waals surface area contributed by atoms with Gasteiger partial charge in [0.15, 0.2) is 0 Å². The van der Waals surface area contributed by atoms with Crippen LogP contribution in [0.5, 0.6) is 5.75 Å². The Labute approximate surface area is 143 Å². The highest BCUT2D eigenvalue weighted by Gasteiger charge is 2.08. The van der Waals surface area contributed by atoms with Crippen LogP contribution in [0.4, 0.5) is 10.5 Å². The molecule has 1 amide bonds. The van der Waals surface area contributed by atoms with Crippen molar-refractivity contribution in [3.8, 4) is 5.75 Å². The highest BCUT2D eigenvalue weighted by Crippen LogP contribution is 2.17. The molecule has 7 nitrogen and oxygen atoms in total. The minimum Gasteiger partial charge on any atom is -0.410 e. The van der Waals surface area contributed by atoms with Crippen LogP contribution < -0.4 is 10.1 Å². The quantitative estimate of drug-likeness (QED) is 0.379. The molecule has 0 saturated heterocycles. The average Bonchev–Trinajstić information content (AvgIpc) is 2.55. The second-order valence-corrected chi connectivity index (χ2v) is 5.78. The molecule has 1 rings (SSSR count). The Balaban J connectivity index is 2.16. The molecule has 0 aliphatic carbocycles. The number of carbonyl (C=O) groups excluding carboxylic acids is 1. The third kappa shape index (κ3) is 8.47. The van der Waals surface area contributed by atoms with Crippen molar-refractivity contribution in [1.29, 1.82) is 0 Å². The third-order valence-corrected chi connectivity index (χ3v) is 3.66. The van der Waals surface area contributed by atoms with Gasteiger partial charge in [-0.2, -0.15) is 0 Å². The van der Waals surface area contributed by atoms with E-state index < -0.39 is 11.0 Å². The molecular formula is C17H27N3O4. The van der Waals surface area contributed by atoms with E-state index in [9.17, 15) is 14.9 Å². The van der Waals surface area contributed by atoms with Crippen molar-refractivity contribution in [3.05, 3.63) is 34.4 Å². The minimum absolute atomic E-state index is 0.0386. The molecule has 0 atom stereocenters. The number of non-ortho nitro benzene ring substituents is 1. The number of ether oxygens (including phenoxy) is 1. The number of nitro groups is 1. The molecule has 0 spiro atoms. The predicted octanol–water partition coefficient (Wildman–Crippen LogP) is 3.59. The second-order valence-electron chi connectivity index (χ2n) is 5.78. The van der Waals surface area contributed by atoms with Gasteiger partial charge in [0, 0.05) is 25.2 Å². The summed E-state index contributed by atoms with van der Waals surface area (Å²) in [5, 5.41) is 13.2. The smallest absolute Gasteiger partial charge is 0.410 e. The molecule has 1 aromatic carbocycles. The summed E-state index contributed by atoms with van der Waals surface area (Å²) in [7, 11) is 2.03. The van der Waals surface area contributed by atoms with Gasteiger partial charge in [0.2, 0.25) is 0 Å². The van der Waals surface area contributed by atoms with E-state index in [-0.39, 0.29) is 11.4 Å². The van der Waals surface area contributed by atoms with Gasteiger partial charge in [-0.25, -0.2) is 4.79 Å². The standard InChI is InChI=1S/C17H27N3O4/c1-3-4-5-6-7-13-19(2)14-12-18-17(21)24-16-10-8-15(9-11-16)20(22)23/h8-11H,3-7,12-14H2,1-2H3,(H,18,21). The number of benzene rings is 1. The molecule has 0 unspecified atom stereocenters. The number of rotatable bonds is 11. The van der Waals surface area contributed by atoms with Gasteiger partial charge in [0.25, 0.3) is 5.69 Å². The van der Waals surface area contributed by atoms with Crippen LogP contribution in [0.3, 0.4) is 0 Å². The minimum atomic E-state index is -0.555. The number of nitrogens with zero attached hydrogens (tertiary/aromatic N) is 2. The van der Waals surface area contributed by atoms with Crippen molar-refractivity contribution in [1.82, 2.24) is 10.2 Å². The lowest BCUT2D eigenvalue weighted by atomic mass is 10.1. The summed E-state index contributed by atoms with van der Waals surface area (Å²) >= 11 is 0. The molecule has 0 fully saturated rings. The molecule has 7 heteroatoms. The fraction of sp³-hybridized carbons (Fsp3) is 0.588. The van der Waals surface area contributed by atoms with E-state index >= 15 is 0 Å². The Hall–Kier alpha value is -2.15. The van der Waals surface area contributed by atoms with E-state index in [1.165, 1.54) is 56.4 Å². The van der Waals surface area contributed by atoms with Crippen LogP contribution in [0, 0.1) is 10.1 Å². The SMILES string of the molecule is CCCCCCCN(C)CCNC(=O)Oc1ccc([N+](=O)[O-])cc1. The van der Waals surface area contributed by atoms with Gasteiger partial charge in [0.05, 0.1) is 4.92 Å². The fourth-order valence-electron chi connectivity index (χ4n) is 2.22. The van der Waals surface area contributed by atoms with E-state index in [0.717, 1.165) is 13.1 Å². The molecule has 24 heavy (non-hydrogen) atoms. The van der Waals surface area contributed by atoms with Crippen molar-refractivity contribution >= 4 is 11.8 Å². The highest BCUT2D eigenvalue weighted by atomic mass is 16.6. The summed E-state index contributed by atoms with van der Waals surface area (Å²) < 4.78 is 5.07. The summed E-state index contributed by atoms with van der Waals surface area (Å²) in [5.41, 5.74) is -0.0386. The Bertz CT molecular complexity index is 505. The Morgan fingerprint density at radius 2 is 1.83 bits per heavy atom. The number of hydrogen-bond donors (Lipinski definition) is 1. The molecule has 0 radical (unpaired) electrons. The molecule has 0 aliphatic rings. The lowest BCUT2D eigenvalue weighted by Gasteiger charge is -2.16. The van der Waals surface area contributed by atoms with Gasteiger partial charge in [-0.15, -0.1) is 0 Å². The van der Waals surface area contributed by atoms with Crippen molar-refractivity contribution in [2.75, 3.05) is 26.7 Å². The van der Waals surface area contributed by atoms with E-state index in [1.54, 1.807) is 0 Å². The molecule has 1 aromatic rings. The largest absolute Gasteiger partial charge is 0.412 e. The van der Waals surface area contributed by atoms with Crippen molar-refractivity contribution in [2.45, 2.75) is 39.0 Å². The number of unbranched alkanes of at least 4 members (excludes halogenated alkanes) is 4. The van der Waals surface area contributed by atoms with E-state index in [2.05, 4.69) is 17.1 Å². The zero-order valence-corrected chi connectivity index (χ0v) is 14.5. The van der Waals surface area contributed by atoms with Crippen molar-refractivity contribution in [2.24, 2.45) is 0 Å². The Morgan fingerprint density at radius 1 is 1.17 bits per heavy atom. The number of likely N-dealkylation sites (N-methyl/N-ethyl adjacent to an activating group) is 1. The zero-order valence-electron chi connectivity index (χ0n) is 14.5. The van der Waals surface area contributed by atoms with E-state index in [1.807, 2.05) is 7.05 Å². The Kier molecular flexibility index (Phi) is 9.45. The fourth-order valence-corrected chi connectivity index (χ4v) is 2.22. The van der Waals surface area contributed by atoms with Crippen LogP contribution in [0.1, 0.15) is 39.0 Å². The summed E-state index contributed by atoms with van der Waals surface area (Å²) in [6.45, 7) is 4.47. The van der Waals surface area contributed by atoms with E-state index in [0.29, 0.717) is 6.54 Å². The molecule has 0 aliphatic heterocycles. The molecule has 134 valence electrons. The van der Waals surface area contributed by atoms with Gasteiger partial charge in [-0.3, -0.25) is 10.1 Å². The summed E-state index contributed by atoms with van der Waals surface area (Å²) in [5.74, 6) is 0.280. The van der Waals surface area contributed by atoms with Crippen LogP contribution >= 0.6 is 0 Å².